The van der Waals surface area contributed by atoms with Gasteiger partial charge in [0.05, 0.1) is 9.84 Å². The highest BCUT2D eigenvalue weighted by Crippen LogP contribution is 2.63. The Bertz CT molecular complexity index is 472. The Morgan fingerprint density at radius 3 is 2.65 bits per heavy atom. The van der Waals surface area contributed by atoms with E-state index >= 15 is 0 Å². The van der Waals surface area contributed by atoms with Crippen molar-refractivity contribution in [3.8, 4) is 0 Å². The number of hydrogen-bond donors (Lipinski definition) is 0. The van der Waals surface area contributed by atoms with E-state index < -0.39 is 0 Å². The van der Waals surface area contributed by atoms with Crippen LogP contribution in [-0.2, 0) is 9.53 Å². The number of esters is 1. The second-order valence-electron chi connectivity index (χ2n) is 5.37. The van der Waals surface area contributed by atoms with Crippen LogP contribution in [0.25, 0.3) is 0 Å². The Kier molecular flexibility index (Phi) is 2.11. The van der Waals surface area contributed by atoms with Crippen LogP contribution in [0.3, 0.4) is 0 Å². The zero-order valence-corrected chi connectivity index (χ0v) is 11.4. The van der Waals surface area contributed by atoms with E-state index in [0.29, 0.717) is 21.7 Å². The van der Waals surface area contributed by atoms with Crippen LogP contribution in [0.2, 0.25) is 0 Å². The Labute approximate surface area is 114 Å². The number of hydrogen-bond acceptors (Lipinski definition) is 2. The second-order valence-corrected chi connectivity index (χ2v) is 6.81. The molecular formula is C14H13IO2. The van der Waals surface area contributed by atoms with Crippen LogP contribution in [0.4, 0.5) is 0 Å². The third-order valence-electron chi connectivity index (χ3n) is 4.71. The van der Waals surface area contributed by atoms with Gasteiger partial charge in [0.15, 0.2) is 0 Å². The maximum Gasteiger partial charge on any atom is 0.310 e. The fourth-order valence-electron chi connectivity index (χ4n) is 4.10. The minimum Gasteiger partial charge on any atom is -0.461 e. The summed E-state index contributed by atoms with van der Waals surface area (Å²) in [6.07, 6.45) is 1.38. The van der Waals surface area contributed by atoms with Gasteiger partial charge in [-0.1, -0.05) is 52.9 Å². The molecule has 2 saturated carbocycles. The molecule has 2 aliphatic carbocycles. The van der Waals surface area contributed by atoms with Crippen LogP contribution >= 0.6 is 22.6 Å². The van der Waals surface area contributed by atoms with Crippen LogP contribution in [0, 0.1) is 17.8 Å². The van der Waals surface area contributed by atoms with Gasteiger partial charge in [-0.2, -0.15) is 0 Å². The number of rotatable bonds is 1. The van der Waals surface area contributed by atoms with Gasteiger partial charge >= 0.3 is 5.97 Å². The summed E-state index contributed by atoms with van der Waals surface area (Å²) >= 11 is 2.49. The smallest absolute Gasteiger partial charge is 0.310 e. The molecule has 88 valence electrons. The summed E-state index contributed by atoms with van der Waals surface area (Å²) in [5, 5.41) is 0. The zero-order chi connectivity index (χ0) is 11.6. The Balaban J connectivity index is 1.80. The standard InChI is InChI=1S/C14H13IO2/c15-12-8-6-9-11(14(16)17-13(9)12)10(8)7-4-2-1-3-5-7/h1-5,8-13H,6H2. The van der Waals surface area contributed by atoms with E-state index in [9.17, 15) is 4.79 Å². The molecule has 6 atom stereocenters. The molecule has 0 N–H and O–H groups in total. The normalized spacial score (nSPS) is 46.3. The van der Waals surface area contributed by atoms with Crippen LogP contribution in [0.1, 0.15) is 17.9 Å². The number of carbonyl (C=O) groups excluding carboxylic acids is 1. The first kappa shape index (κ1) is 10.4. The minimum atomic E-state index is 0.0514. The molecule has 2 nitrogen and oxygen atoms in total. The van der Waals surface area contributed by atoms with Crippen molar-refractivity contribution in [2.45, 2.75) is 22.4 Å². The van der Waals surface area contributed by atoms with Crippen molar-refractivity contribution in [2.75, 3.05) is 0 Å². The van der Waals surface area contributed by atoms with Crippen molar-refractivity contribution in [2.24, 2.45) is 17.8 Å². The van der Waals surface area contributed by atoms with Gasteiger partial charge in [-0.3, -0.25) is 4.79 Å². The summed E-state index contributed by atoms with van der Waals surface area (Å²) in [6.45, 7) is 0. The van der Waals surface area contributed by atoms with Gasteiger partial charge in [0.1, 0.15) is 6.10 Å². The lowest BCUT2D eigenvalue weighted by Crippen LogP contribution is -2.32. The van der Waals surface area contributed by atoms with E-state index in [1.165, 1.54) is 12.0 Å². The van der Waals surface area contributed by atoms with Crippen molar-refractivity contribution < 1.29 is 9.53 Å². The van der Waals surface area contributed by atoms with Gasteiger partial charge in [0, 0.05) is 11.8 Å². The topological polar surface area (TPSA) is 26.3 Å². The highest BCUT2D eigenvalue weighted by atomic mass is 127. The molecule has 4 rings (SSSR count). The maximum absolute atomic E-state index is 12.0. The number of ether oxygens (including phenoxy) is 1. The van der Waals surface area contributed by atoms with E-state index in [4.69, 9.17) is 4.74 Å². The summed E-state index contributed by atoms with van der Waals surface area (Å²) in [4.78, 5) is 12.0. The average Bonchev–Trinajstić information content (AvgIpc) is 2.94. The Morgan fingerprint density at radius 2 is 1.88 bits per heavy atom. The molecule has 0 amide bonds. The van der Waals surface area contributed by atoms with Crippen molar-refractivity contribution in [1.29, 1.82) is 0 Å². The maximum atomic E-state index is 12.0. The summed E-state index contributed by atoms with van der Waals surface area (Å²) in [5.41, 5.74) is 1.32. The average molecular weight is 340 g/mol. The lowest BCUT2D eigenvalue weighted by atomic mass is 9.76. The number of fused-ring (bicyclic) bond motifs is 1. The Hall–Kier alpha value is -0.580. The SMILES string of the molecule is O=C1OC2C(I)C3CC2C1C3c1ccccc1. The quantitative estimate of drug-likeness (QED) is 0.446. The molecular weight excluding hydrogens is 327 g/mol. The van der Waals surface area contributed by atoms with Crippen molar-refractivity contribution >= 4 is 28.6 Å². The first-order valence-electron chi connectivity index (χ1n) is 6.17. The van der Waals surface area contributed by atoms with Crippen LogP contribution in [0.15, 0.2) is 30.3 Å². The lowest BCUT2D eigenvalue weighted by Gasteiger charge is -2.28. The zero-order valence-electron chi connectivity index (χ0n) is 9.25. The highest BCUT2D eigenvalue weighted by molar-refractivity contribution is 14.1. The largest absolute Gasteiger partial charge is 0.461 e. The van der Waals surface area contributed by atoms with Crippen molar-refractivity contribution in [3.05, 3.63) is 35.9 Å². The molecule has 1 aromatic carbocycles. The number of alkyl halides is 1. The molecule has 17 heavy (non-hydrogen) atoms. The molecule has 3 fully saturated rings. The summed E-state index contributed by atoms with van der Waals surface area (Å²) in [7, 11) is 0. The van der Waals surface area contributed by atoms with Gasteiger partial charge in [0.25, 0.3) is 0 Å². The molecule has 1 heterocycles. The van der Waals surface area contributed by atoms with Gasteiger partial charge < -0.3 is 4.74 Å². The first-order valence-corrected chi connectivity index (χ1v) is 7.41. The first-order chi connectivity index (χ1) is 8.27. The third kappa shape index (κ3) is 1.23. The van der Waals surface area contributed by atoms with Crippen molar-refractivity contribution in [3.63, 3.8) is 0 Å². The number of benzene rings is 1. The van der Waals surface area contributed by atoms with Crippen LogP contribution in [0.5, 0.6) is 0 Å². The monoisotopic (exact) mass is 340 g/mol. The fourth-order valence-corrected chi connectivity index (χ4v) is 5.52. The predicted octanol–water partition coefficient (Wildman–Crippen LogP) is 2.77. The van der Waals surface area contributed by atoms with Gasteiger partial charge in [-0.15, -0.1) is 0 Å². The van der Waals surface area contributed by atoms with Gasteiger partial charge in [-0.05, 0) is 17.9 Å². The molecule has 3 heteroatoms. The fraction of sp³-hybridized carbons (Fsp3) is 0.500. The molecule has 1 saturated heterocycles. The number of carbonyl (C=O) groups is 1. The number of halogens is 1. The molecule has 1 aliphatic heterocycles. The summed E-state index contributed by atoms with van der Waals surface area (Å²) in [5.74, 6) is 1.70. The molecule has 3 aliphatic rings. The van der Waals surface area contributed by atoms with Gasteiger partial charge in [0.2, 0.25) is 0 Å². The Morgan fingerprint density at radius 1 is 1.12 bits per heavy atom. The van der Waals surface area contributed by atoms with E-state index in [1.807, 2.05) is 6.07 Å². The lowest BCUT2D eigenvalue weighted by molar-refractivity contribution is -0.143. The summed E-state index contributed by atoms with van der Waals surface area (Å²) < 4.78 is 6.06. The van der Waals surface area contributed by atoms with Crippen LogP contribution in [-0.4, -0.2) is 16.0 Å². The van der Waals surface area contributed by atoms with E-state index in [2.05, 4.69) is 46.9 Å². The van der Waals surface area contributed by atoms with Crippen LogP contribution < -0.4 is 0 Å². The second kappa shape index (κ2) is 3.46. The molecule has 0 spiro atoms. The third-order valence-corrected chi connectivity index (χ3v) is 6.34. The molecule has 6 unspecified atom stereocenters. The van der Waals surface area contributed by atoms with Crippen molar-refractivity contribution in [1.82, 2.24) is 0 Å². The van der Waals surface area contributed by atoms with E-state index in [1.54, 1.807) is 0 Å². The van der Waals surface area contributed by atoms with E-state index in [-0.39, 0.29) is 18.0 Å². The molecule has 0 radical (unpaired) electrons. The van der Waals surface area contributed by atoms with E-state index in [0.717, 1.165) is 0 Å². The minimum absolute atomic E-state index is 0.0514. The summed E-state index contributed by atoms with van der Waals surface area (Å²) in [6, 6.07) is 10.5. The predicted molar refractivity (Wildman–Crippen MR) is 72.0 cm³/mol. The van der Waals surface area contributed by atoms with Gasteiger partial charge in [-0.25, -0.2) is 0 Å². The highest BCUT2D eigenvalue weighted by Gasteiger charge is 2.65. The molecule has 1 aromatic rings. The molecule has 2 bridgehead atoms. The molecule has 0 aromatic heterocycles.